The Balaban J connectivity index is 1.55. The van der Waals surface area contributed by atoms with Crippen molar-refractivity contribution in [1.82, 2.24) is 15.8 Å². The topological polar surface area (TPSA) is 185 Å². The highest BCUT2D eigenvalue weighted by Gasteiger charge is 2.61. The van der Waals surface area contributed by atoms with E-state index >= 15 is 8.78 Å². The third-order valence-corrected chi connectivity index (χ3v) is 11.3. The summed E-state index contributed by atoms with van der Waals surface area (Å²) in [5.41, 5.74) is -0.561. The molecule has 0 aliphatic carbocycles. The zero-order chi connectivity index (χ0) is 48.8. The number of carbonyl (C=O) groups excluding carboxylic acids is 5. The molecular formula is C47H57Cl2F2N5O9. The third-order valence-electron chi connectivity index (χ3n) is 10.7. The van der Waals surface area contributed by atoms with Crippen LogP contribution in [-0.4, -0.2) is 85.8 Å². The molecule has 2 amide bonds. The number of nitrogens with one attached hydrogen (secondary N) is 3. The molecule has 65 heavy (non-hydrogen) atoms. The van der Waals surface area contributed by atoms with Crippen LogP contribution < -0.4 is 20.8 Å². The first-order valence-electron chi connectivity index (χ1n) is 20.9. The molecule has 4 rings (SSSR count). The Morgan fingerprint density at radius 1 is 0.938 bits per heavy atom. The number of carbonyl (C=O) groups is 5. The highest BCUT2D eigenvalue weighted by molar-refractivity contribution is 6.31. The van der Waals surface area contributed by atoms with Crippen LogP contribution >= 0.6 is 23.2 Å². The number of hydrazine groups is 1. The Hall–Kier alpha value is -5.34. The van der Waals surface area contributed by atoms with Crippen molar-refractivity contribution in [1.29, 1.82) is 5.26 Å². The van der Waals surface area contributed by atoms with Gasteiger partial charge < -0.3 is 29.6 Å². The Kier molecular flexibility index (Phi) is 17.1. The molecule has 1 fully saturated rings. The summed E-state index contributed by atoms with van der Waals surface area (Å²) < 4.78 is 53.8. The van der Waals surface area contributed by atoms with Crippen LogP contribution in [0, 0.1) is 40.2 Å². The molecule has 0 spiro atoms. The number of nitrogens with zero attached hydrogens (tertiary/aromatic N) is 2. The number of halogens is 4. The van der Waals surface area contributed by atoms with Gasteiger partial charge in [-0.2, -0.15) is 5.26 Å². The van der Waals surface area contributed by atoms with E-state index in [1.165, 1.54) is 69.6 Å². The Morgan fingerprint density at radius 3 is 2.17 bits per heavy atom. The summed E-state index contributed by atoms with van der Waals surface area (Å²) in [6.07, 6.45) is 0.256. The molecule has 1 aliphatic heterocycles. The summed E-state index contributed by atoms with van der Waals surface area (Å²) in [6, 6.07) is 11.0. The van der Waals surface area contributed by atoms with Crippen molar-refractivity contribution in [2.45, 2.75) is 104 Å². The zero-order valence-electron chi connectivity index (χ0n) is 38.4. The normalized spacial score (nSPS) is 19.4. The number of anilines is 1. The molecule has 0 aromatic heterocycles. The number of hydrogen-bond acceptors (Lipinski definition) is 12. The summed E-state index contributed by atoms with van der Waals surface area (Å²) in [7, 11) is 2.73. The van der Waals surface area contributed by atoms with Gasteiger partial charge in [0.25, 0.3) is 5.91 Å². The Morgan fingerprint density at radius 2 is 1.60 bits per heavy atom. The van der Waals surface area contributed by atoms with Crippen molar-refractivity contribution < 1.29 is 51.7 Å². The molecule has 1 aliphatic rings. The van der Waals surface area contributed by atoms with Crippen LogP contribution in [-0.2, 0) is 38.8 Å². The number of rotatable bonds is 16. The van der Waals surface area contributed by atoms with Crippen LogP contribution in [0.2, 0.25) is 10.0 Å². The smallest absolute Gasteiger partial charge is 0.338 e. The highest BCUT2D eigenvalue weighted by Crippen LogP contribution is 2.53. The van der Waals surface area contributed by atoms with Crippen molar-refractivity contribution in [2.75, 3.05) is 32.7 Å². The average Bonchev–Trinajstić information content (AvgIpc) is 3.53. The van der Waals surface area contributed by atoms with E-state index in [4.69, 9.17) is 42.1 Å². The van der Waals surface area contributed by atoms with Crippen molar-refractivity contribution in [2.24, 2.45) is 17.3 Å². The molecule has 0 bridgehead atoms. The number of amides is 2. The van der Waals surface area contributed by atoms with Gasteiger partial charge in [0.1, 0.15) is 53.6 Å². The molecule has 352 valence electrons. The minimum absolute atomic E-state index is 0.000800. The zero-order valence-corrected chi connectivity index (χ0v) is 39.9. The maximum atomic E-state index is 16.1. The van der Waals surface area contributed by atoms with E-state index in [9.17, 15) is 29.2 Å². The molecule has 3 N–H and O–H groups in total. The fourth-order valence-electron chi connectivity index (χ4n) is 7.90. The monoisotopic (exact) mass is 943 g/mol. The summed E-state index contributed by atoms with van der Waals surface area (Å²) in [5, 5.41) is 18.0. The van der Waals surface area contributed by atoms with Gasteiger partial charge in [-0.25, -0.2) is 23.8 Å². The van der Waals surface area contributed by atoms with E-state index in [2.05, 4.69) is 22.1 Å². The first-order valence-corrected chi connectivity index (χ1v) is 21.7. The fraction of sp³-hybridized carbons (Fsp3) is 0.489. The van der Waals surface area contributed by atoms with Gasteiger partial charge in [0.15, 0.2) is 0 Å². The number of esters is 3. The maximum Gasteiger partial charge on any atom is 0.338 e. The minimum atomic E-state index is -1.86. The molecule has 0 radical (unpaired) electrons. The van der Waals surface area contributed by atoms with Gasteiger partial charge in [0.05, 0.1) is 35.5 Å². The predicted molar refractivity (Wildman–Crippen MR) is 240 cm³/mol. The lowest BCUT2D eigenvalue weighted by molar-refractivity contribution is -0.170. The second kappa shape index (κ2) is 21.3. The standard InChI is InChI=1S/C47H57Cl2F2N5O9/c1-25(2)39(56(53-10)41(58)26(3)42(59)65-46(7,8)9)44(61)64-20-19-63-43(60)27-15-18-33(34(21-27)62-11)54-40(57)38-36(29-13-12-14-31(49)37(29)51)47(24-52,35(55-38)23-45(4,5)6)30-17-16-28(48)22-32(30)50/h12-18,21-22,25-26,35-36,38-39,53,55H,19-20,23H2,1-11H3,(H,54,57)/t26-,35-,36-,38+,39-,47-/m0/s1. The summed E-state index contributed by atoms with van der Waals surface area (Å²) >= 11 is 12.4. The minimum Gasteiger partial charge on any atom is -0.495 e. The van der Waals surface area contributed by atoms with Crippen LogP contribution in [0.4, 0.5) is 14.5 Å². The van der Waals surface area contributed by atoms with Crippen LogP contribution in [0.15, 0.2) is 54.6 Å². The maximum absolute atomic E-state index is 16.1. The van der Waals surface area contributed by atoms with E-state index in [0.29, 0.717) is 0 Å². The van der Waals surface area contributed by atoms with E-state index in [1.807, 2.05) is 20.8 Å². The second-order valence-corrected chi connectivity index (χ2v) is 19.1. The lowest BCUT2D eigenvalue weighted by Gasteiger charge is -2.37. The molecule has 18 heteroatoms. The Bertz CT molecular complexity index is 2310. The molecule has 0 saturated carbocycles. The predicted octanol–water partition coefficient (Wildman–Crippen LogP) is 7.91. The number of methoxy groups -OCH3 is 1. The fourth-order valence-corrected chi connectivity index (χ4v) is 8.24. The van der Waals surface area contributed by atoms with Crippen LogP contribution in [0.1, 0.15) is 96.1 Å². The van der Waals surface area contributed by atoms with Gasteiger partial charge in [0.2, 0.25) is 5.91 Å². The van der Waals surface area contributed by atoms with Crippen LogP contribution in [0.3, 0.4) is 0 Å². The van der Waals surface area contributed by atoms with Gasteiger partial charge in [0, 0.05) is 29.6 Å². The molecule has 6 atom stereocenters. The lowest BCUT2D eigenvalue weighted by atomic mass is 9.62. The van der Waals surface area contributed by atoms with E-state index in [0.717, 1.165) is 11.1 Å². The molecule has 3 aromatic carbocycles. The molecule has 3 aromatic rings. The SMILES string of the molecule is CNN(C(=O)[C@H](C)C(=O)OC(C)(C)C)[C@H](C(=O)OCCOC(=O)c1ccc(NC(=O)[C@@H]2N[C@@H](CC(C)(C)C)[C@](C#N)(c3ccc(Cl)cc3F)[C@H]2c2cccc(Cl)c2F)c(OC)c1)C(C)C. The van der Waals surface area contributed by atoms with Crippen LogP contribution in [0.25, 0.3) is 0 Å². The number of ether oxygens (including phenoxy) is 4. The number of benzene rings is 3. The molecule has 1 saturated heterocycles. The van der Waals surface area contributed by atoms with Gasteiger partial charge in [-0.3, -0.25) is 19.4 Å². The highest BCUT2D eigenvalue weighted by atomic mass is 35.5. The lowest BCUT2D eigenvalue weighted by Crippen LogP contribution is -2.57. The molecule has 0 unspecified atom stereocenters. The van der Waals surface area contributed by atoms with E-state index in [-0.39, 0.29) is 57.8 Å². The Labute approximate surface area is 388 Å². The van der Waals surface area contributed by atoms with Gasteiger partial charge in [-0.1, -0.05) is 76.0 Å². The van der Waals surface area contributed by atoms with Crippen molar-refractivity contribution >= 4 is 58.6 Å². The second-order valence-electron chi connectivity index (χ2n) is 18.3. The molecule has 14 nitrogen and oxygen atoms in total. The van der Waals surface area contributed by atoms with Crippen LogP contribution in [0.5, 0.6) is 5.75 Å². The largest absolute Gasteiger partial charge is 0.495 e. The average molecular weight is 945 g/mol. The summed E-state index contributed by atoms with van der Waals surface area (Å²) in [6.45, 7) is 14.8. The van der Waals surface area contributed by atoms with Gasteiger partial charge in [-0.15, -0.1) is 0 Å². The third kappa shape index (κ3) is 12.1. The first-order chi connectivity index (χ1) is 30.3. The van der Waals surface area contributed by atoms with Crippen molar-refractivity contribution in [3.63, 3.8) is 0 Å². The van der Waals surface area contributed by atoms with E-state index < -0.39 is 93.7 Å². The van der Waals surface area contributed by atoms with Gasteiger partial charge >= 0.3 is 17.9 Å². The van der Waals surface area contributed by atoms with Crippen molar-refractivity contribution in [3.8, 4) is 11.8 Å². The van der Waals surface area contributed by atoms with Gasteiger partial charge in [-0.05, 0) is 87.4 Å². The quantitative estimate of drug-likeness (QED) is 0.0415. The summed E-state index contributed by atoms with van der Waals surface area (Å²) in [4.78, 5) is 66.9. The number of hydrogen-bond donors (Lipinski definition) is 3. The molecular weight excluding hydrogens is 887 g/mol. The first kappa shape index (κ1) is 52.3. The molecule has 1 heterocycles. The van der Waals surface area contributed by atoms with E-state index in [1.54, 1.807) is 34.6 Å². The number of nitriles is 1. The van der Waals surface area contributed by atoms with Crippen molar-refractivity contribution in [3.05, 3.63) is 93.0 Å². The summed E-state index contributed by atoms with van der Waals surface area (Å²) in [5.74, 6) is -8.53.